The van der Waals surface area contributed by atoms with E-state index in [1.54, 1.807) is 23.3 Å². The average molecular weight is 374 g/mol. The second-order valence-corrected chi connectivity index (χ2v) is 8.42. The molecule has 1 spiro atoms. The minimum atomic E-state index is -0.452. The number of aromatic nitrogens is 2. The highest BCUT2D eigenvalue weighted by Crippen LogP contribution is 2.33. The van der Waals surface area contributed by atoms with Gasteiger partial charge in [0.05, 0.1) is 17.1 Å². The van der Waals surface area contributed by atoms with Crippen LogP contribution in [0.15, 0.2) is 18.2 Å². The summed E-state index contributed by atoms with van der Waals surface area (Å²) in [5, 5.41) is 7.19. The van der Waals surface area contributed by atoms with Crippen LogP contribution in [-0.4, -0.2) is 64.3 Å². The summed E-state index contributed by atoms with van der Waals surface area (Å²) in [6.07, 6.45) is 1.99. The lowest BCUT2D eigenvalue weighted by Gasteiger charge is -2.25. The number of hydrogen-bond donors (Lipinski definition) is 1. The SMILES string of the molecule is Cc1ccc(-c2cc(C(=O)N3CCC[C@]4(CC3)CN(C)C(=O)O4)n[nH]2)s1. The Balaban J connectivity index is 1.46. The Morgan fingerprint density at radius 3 is 2.88 bits per heavy atom. The molecular formula is C18H22N4O3S. The van der Waals surface area contributed by atoms with Crippen LogP contribution in [0.5, 0.6) is 0 Å². The molecule has 0 bridgehead atoms. The highest BCUT2D eigenvalue weighted by Gasteiger charge is 2.44. The Labute approximate surface area is 155 Å². The zero-order chi connectivity index (χ0) is 18.3. The molecule has 2 fully saturated rings. The molecule has 138 valence electrons. The summed E-state index contributed by atoms with van der Waals surface area (Å²) in [7, 11) is 1.75. The standard InChI is InChI=1S/C18H22N4O3S/c1-12-4-5-15(26-12)13-10-14(20-19-13)16(23)22-8-3-6-18(7-9-22)11-21(2)17(24)25-18/h4-5,10H,3,6-9,11H2,1-2H3,(H,19,20)/t18-/m0/s1. The van der Waals surface area contributed by atoms with E-state index in [4.69, 9.17) is 4.74 Å². The van der Waals surface area contributed by atoms with Crippen LogP contribution >= 0.6 is 11.3 Å². The Kier molecular flexibility index (Phi) is 4.22. The predicted molar refractivity (Wildman–Crippen MR) is 98.2 cm³/mol. The van der Waals surface area contributed by atoms with Crippen molar-refractivity contribution in [3.63, 3.8) is 0 Å². The third-order valence-corrected chi connectivity index (χ3v) is 6.16. The lowest BCUT2D eigenvalue weighted by Crippen LogP contribution is -2.37. The van der Waals surface area contributed by atoms with E-state index in [9.17, 15) is 9.59 Å². The maximum Gasteiger partial charge on any atom is 0.410 e. The summed E-state index contributed by atoms with van der Waals surface area (Å²) in [6, 6.07) is 5.90. The molecule has 1 atom stereocenters. The number of likely N-dealkylation sites (N-methyl/N-ethyl adjacent to an activating group) is 1. The summed E-state index contributed by atoms with van der Waals surface area (Å²) in [5.41, 5.74) is 0.846. The topological polar surface area (TPSA) is 78.5 Å². The Bertz CT molecular complexity index is 845. The first kappa shape index (κ1) is 17.1. The van der Waals surface area contributed by atoms with Crippen molar-refractivity contribution in [2.75, 3.05) is 26.7 Å². The van der Waals surface area contributed by atoms with Crippen LogP contribution in [0.25, 0.3) is 10.6 Å². The predicted octanol–water partition coefficient (Wildman–Crippen LogP) is 2.89. The molecule has 8 heteroatoms. The summed E-state index contributed by atoms with van der Waals surface area (Å²) in [4.78, 5) is 30.3. The van der Waals surface area contributed by atoms with Crippen molar-refractivity contribution >= 4 is 23.3 Å². The molecule has 2 amide bonds. The first-order chi connectivity index (χ1) is 12.5. The molecule has 26 heavy (non-hydrogen) atoms. The van der Waals surface area contributed by atoms with Crippen molar-refractivity contribution in [2.24, 2.45) is 0 Å². The van der Waals surface area contributed by atoms with E-state index in [1.165, 1.54) is 4.88 Å². The fraction of sp³-hybridized carbons (Fsp3) is 0.500. The number of nitrogens with zero attached hydrogens (tertiary/aromatic N) is 3. The highest BCUT2D eigenvalue weighted by atomic mass is 32.1. The van der Waals surface area contributed by atoms with Crippen LogP contribution < -0.4 is 0 Å². The van der Waals surface area contributed by atoms with Gasteiger partial charge in [0, 0.05) is 31.4 Å². The Morgan fingerprint density at radius 2 is 2.19 bits per heavy atom. The molecular weight excluding hydrogens is 352 g/mol. The maximum absolute atomic E-state index is 12.9. The first-order valence-corrected chi connectivity index (χ1v) is 9.63. The van der Waals surface area contributed by atoms with Crippen LogP contribution in [0.1, 0.15) is 34.6 Å². The number of rotatable bonds is 2. The fourth-order valence-electron chi connectivity index (χ4n) is 3.72. The average Bonchev–Trinajstić information content (AvgIpc) is 3.27. The molecule has 1 N–H and O–H groups in total. The van der Waals surface area contributed by atoms with Gasteiger partial charge >= 0.3 is 6.09 Å². The highest BCUT2D eigenvalue weighted by molar-refractivity contribution is 7.15. The van der Waals surface area contributed by atoms with E-state index >= 15 is 0 Å². The lowest BCUT2D eigenvalue weighted by molar-refractivity contribution is 0.0438. The third-order valence-electron chi connectivity index (χ3n) is 5.13. The van der Waals surface area contributed by atoms with Crippen molar-refractivity contribution < 1.29 is 14.3 Å². The summed E-state index contributed by atoms with van der Waals surface area (Å²) < 4.78 is 5.61. The number of thiophene rings is 1. The molecule has 4 rings (SSSR count). The summed E-state index contributed by atoms with van der Waals surface area (Å²) >= 11 is 1.67. The molecule has 2 saturated heterocycles. The van der Waals surface area contributed by atoms with Gasteiger partial charge in [-0.3, -0.25) is 9.89 Å². The first-order valence-electron chi connectivity index (χ1n) is 8.81. The van der Waals surface area contributed by atoms with Crippen LogP contribution in [-0.2, 0) is 4.74 Å². The van der Waals surface area contributed by atoms with E-state index in [0.717, 1.165) is 23.4 Å². The van der Waals surface area contributed by atoms with Crippen LogP contribution in [0.4, 0.5) is 4.79 Å². The second-order valence-electron chi connectivity index (χ2n) is 7.13. The van der Waals surface area contributed by atoms with Gasteiger partial charge in [-0.1, -0.05) is 0 Å². The monoisotopic (exact) mass is 374 g/mol. The van der Waals surface area contributed by atoms with E-state index in [1.807, 2.05) is 17.0 Å². The largest absolute Gasteiger partial charge is 0.441 e. The van der Waals surface area contributed by atoms with Crippen molar-refractivity contribution in [1.29, 1.82) is 0 Å². The fourth-order valence-corrected chi connectivity index (χ4v) is 4.56. The minimum Gasteiger partial charge on any atom is -0.441 e. The molecule has 0 radical (unpaired) electrons. The molecule has 0 saturated carbocycles. The number of amides is 2. The number of ether oxygens (including phenoxy) is 1. The summed E-state index contributed by atoms with van der Waals surface area (Å²) in [5.74, 6) is -0.0736. The van der Waals surface area contributed by atoms with Gasteiger partial charge in [0.2, 0.25) is 0 Å². The quantitative estimate of drug-likeness (QED) is 0.877. The molecule has 4 heterocycles. The summed E-state index contributed by atoms with van der Waals surface area (Å²) in [6.45, 7) is 3.87. The molecule has 2 aromatic heterocycles. The van der Waals surface area contributed by atoms with Gasteiger partial charge in [0.1, 0.15) is 5.60 Å². The Hall–Kier alpha value is -2.35. The van der Waals surface area contributed by atoms with E-state index in [0.29, 0.717) is 31.7 Å². The van der Waals surface area contributed by atoms with E-state index in [2.05, 4.69) is 23.2 Å². The van der Waals surface area contributed by atoms with Gasteiger partial charge in [-0.05, 0) is 38.0 Å². The number of aromatic amines is 1. The number of H-pyrrole nitrogens is 1. The third kappa shape index (κ3) is 3.09. The number of likely N-dealkylation sites (tertiary alicyclic amines) is 1. The number of aryl methyl sites for hydroxylation is 1. The number of carbonyl (C=O) groups is 2. The van der Waals surface area contributed by atoms with Crippen molar-refractivity contribution in [3.8, 4) is 10.6 Å². The molecule has 7 nitrogen and oxygen atoms in total. The molecule has 0 aromatic carbocycles. The van der Waals surface area contributed by atoms with Crippen LogP contribution in [0.3, 0.4) is 0 Å². The van der Waals surface area contributed by atoms with Gasteiger partial charge in [-0.25, -0.2) is 4.79 Å². The van der Waals surface area contributed by atoms with Gasteiger partial charge in [0.15, 0.2) is 5.69 Å². The maximum atomic E-state index is 12.9. The lowest BCUT2D eigenvalue weighted by atomic mass is 9.95. The second kappa shape index (κ2) is 6.42. The molecule has 0 aliphatic carbocycles. The van der Waals surface area contributed by atoms with Gasteiger partial charge in [-0.15, -0.1) is 11.3 Å². The van der Waals surface area contributed by atoms with Crippen LogP contribution in [0, 0.1) is 6.92 Å². The molecule has 2 aliphatic rings. The van der Waals surface area contributed by atoms with Crippen molar-refractivity contribution in [2.45, 2.75) is 31.8 Å². The van der Waals surface area contributed by atoms with E-state index in [-0.39, 0.29) is 12.0 Å². The van der Waals surface area contributed by atoms with Crippen molar-refractivity contribution in [3.05, 3.63) is 28.8 Å². The van der Waals surface area contributed by atoms with Crippen molar-refractivity contribution in [1.82, 2.24) is 20.0 Å². The minimum absolute atomic E-state index is 0.0736. The smallest absolute Gasteiger partial charge is 0.410 e. The normalized spacial score (nSPS) is 23.4. The molecule has 2 aliphatic heterocycles. The number of nitrogens with one attached hydrogen (secondary N) is 1. The Morgan fingerprint density at radius 1 is 1.35 bits per heavy atom. The van der Waals surface area contributed by atoms with Gasteiger partial charge in [0.25, 0.3) is 5.91 Å². The van der Waals surface area contributed by atoms with Crippen LogP contribution in [0.2, 0.25) is 0 Å². The van der Waals surface area contributed by atoms with E-state index < -0.39 is 5.60 Å². The zero-order valence-corrected chi connectivity index (χ0v) is 15.8. The number of carbonyl (C=O) groups excluding carboxylic acids is 2. The number of hydrogen-bond acceptors (Lipinski definition) is 5. The molecule has 0 unspecified atom stereocenters. The van der Waals surface area contributed by atoms with Gasteiger partial charge in [-0.2, -0.15) is 5.10 Å². The zero-order valence-electron chi connectivity index (χ0n) is 14.9. The molecule has 2 aromatic rings. The van der Waals surface area contributed by atoms with Gasteiger partial charge < -0.3 is 14.5 Å².